The van der Waals surface area contributed by atoms with Crippen LogP contribution < -0.4 is 5.32 Å². The van der Waals surface area contributed by atoms with E-state index in [0.29, 0.717) is 13.0 Å². The SMILES string of the molecule is O=C(NCC1(CCO)CC1)c1c(O)cccc1O. The number of aliphatic hydroxyl groups excluding tert-OH is 1. The van der Waals surface area contributed by atoms with Crippen LogP contribution >= 0.6 is 0 Å². The van der Waals surface area contributed by atoms with E-state index in [2.05, 4.69) is 5.32 Å². The number of rotatable bonds is 5. The molecule has 0 aliphatic heterocycles. The molecule has 18 heavy (non-hydrogen) atoms. The predicted molar refractivity (Wildman–Crippen MR) is 65.5 cm³/mol. The van der Waals surface area contributed by atoms with Crippen molar-refractivity contribution in [2.45, 2.75) is 19.3 Å². The maximum atomic E-state index is 11.9. The van der Waals surface area contributed by atoms with Gasteiger partial charge in [-0.05, 0) is 36.8 Å². The van der Waals surface area contributed by atoms with Gasteiger partial charge in [0.2, 0.25) is 0 Å². The number of nitrogens with one attached hydrogen (secondary N) is 1. The lowest BCUT2D eigenvalue weighted by atomic mass is 10.0. The van der Waals surface area contributed by atoms with E-state index in [-0.39, 0.29) is 29.1 Å². The van der Waals surface area contributed by atoms with Crippen molar-refractivity contribution in [3.63, 3.8) is 0 Å². The Morgan fingerprint density at radius 2 is 1.89 bits per heavy atom. The van der Waals surface area contributed by atoms with Gasteiger partial charge in [-0.15, -0.1) is 0 Å². The molecule has 0 unspecified atom stereocenters. The summed E-state index contributed by atoms with van der Waals surface area (Å²) in [7, 11) is 0. The minimum Gasteiger partial charge on any atom is -0.507 e. The first kappa shape index (κ1) is 12.7. The number of aromatic hydroxyl groups is 2. The van der Waals surface area contributed by atoms with Crippen molar-refractivity contribution in [1.29, 1.82) is 0 Å². The van der Waals surface area contributed by atoms with Gasteiger partial charge in [0.05, 0.1) is 0 Å². The lowest BCUT2D eigenvalue weighted by Crippen LogP contribution is -2.30. The molecule has 1 aromatic carbocycles. The number of phenolic OH excluding ortho intramolecular Hbond substituents is 2. The number of benzene rings is 1. The molecule has 5 nitrogen and oxygen atoms in total. The summed E-state index contributed by atoms with van der Waals surface area (Å²) < 4.78 is 0. The zero-order chi connectivity index (χ0) is 13.2. The van der Waals surface area contributed by atoms with Crippen molar-refractivity contribution in [2.75, 3.05) is 13.2 Å². The fourth-order valence-electron chi connectivity index (χ4n) is 2.05. The molecule has 1 aromatic rings. The van der Waals surface area contributed by atoms with Crippen molar-refractivity contribution in [3.05, 3.63) is 23.8 Å². The fourth-order valence-corrected chi connectivity index (χ4v) is 2.05. The maximum absolute atomic E-state index is 11.9. The second kappa shape index (κ2) is 4.86. The monoisotopic (exact) mass is 251 g/mol. The second-order valence-electron chi connectivity index (χ2n) is 4.83. The third-order valence-electron chi connectivity index (χ3n) is 3.47. The summed E-state index contributed by atoms with van der Waals surface area (Å²) in [6, 6.07) is 4.18. The van der Waals surface area contributed by atoms with E-state index in [1.165, 1.54) is 18.2 Å². The van der Waals surface area contributed by atoms with Crippen molar-refractivity contribution in [1.82, 2.24) is 5.32 Å². The van der Waals surface area contributed by atoms with Crippen LogP contribution in [0.25, 0.3) is 0 Å². The average Bonchev–Trinajstić information content (AvgIpc) is 3.07. The van der Waals surface area contributed by atoms with E-state index < -0.39 is 5.91 Å². The molecule has 1 aliphatic rings. The Labute approximate surface area is 105 Å². The highest BCUT2D eigenvalue weighted by Gasteiger charge is 2.42. The summed E-state index contributed by atoms with van der Waals surface area (Å²) in [5.74, 6) is -0.964. The van der Waals surface area contributed by atoms with Gasteiger partial charge in [-0.2, -0.15) is 0 Å². The van der Waals surface area contributed by atoms with Gasteiger partial charge in [0.15, 0.2) is 0 Å². The molecule has 0 heterocycles. The van der Waals surface area contributed by atoms with Crippen LogP contribution in [0, 0.1) is 5.41 Å². The highest BCUT2D eigenvalue weighted by molar-refractivity contribution is 5.99. The number of hydrogen-bond donors (Lipinski definition) is 4. The Morgan fingerprint density at radius 1 is 1.28 bits per heavy atom. The van der Waals surface area contributed by atoms with E-state index in [4.69, 9.17) is 5.11 Å². The minimum absolute atomic E-state index is 0.00439. The molecular formula is C13H17NO4. The van der Waals surface area contributed by atoms with Crippen molar-refractivity contribution < 1.29 is 20.1 Å². The number of phenols is 2. The molecule has 98 valence electrons. The first-order chi connectivity index (χ1) is 8.58. The molecular weight excluding hydrogens is 234 g/mol. The van der Waals surface area contributed by atoms with Crippen LogP contribution in [0.2, 0.25) is 0 Å². The summed E-state index contributed by atoms with van der Waals surface area (Å²) in [5, 5.41) is 30.7. The largest absolute Gasteiger partial charge is 0.507 e. The van der Waals surface area contributed by atoms with Crippen molar-refractivity contribution >= 4 is 5.91 Å². The molecule has 0 spiro atoms. The van der Waals surface area contributed by atoms with Gasteiger partial charge in [0.25, 0.3) is 5.91 Å². The Hall–Kier alpha value is -1.75. The normalized spacial score (nSPS) is 16.3. The number of carbonyl (C=O) groups is 1. The molecule has 1 fully saturated rings. The van der Waals surface area contributed by atoms with Gasteiger partial charge in [-0.25, -0.2) is 0 Å². The summed E-state index contributed by atoms with van der Waals surface area (Å²) in [4.78, 5) is 11.9. The summed E-state index contributed by atoms with van der Waals surface area (Å²) in [6.45, 7) is 0.567. The van der Waals surface area contributed by atoms with Gasteiger partial charge in [-0.3, -0.25) is 4.79 Å². The number of carbonyl (C=O) groups excluding carboxylic acids is 1. The van der Waals surface area contributed by atoms with Crippen LogP contribution in [-0.4, -0.2) is 34.4 Å². The zero-order valence-electron chi connectivity index (χ0n) is 10.0. The zero-order valence-corrected chi connectivity index (χ0v) is 10.0. The molecule has 1 saturated carbocycles. The van der Waals surface area contributed by atoms with Crippen LogP contribution in [0.15, 0.2) is 18.2 Å². The summed E-state index contributed by atoms with van der Waals surface area (Å²) in [6.07, 6.45) is 2.64. The van der Waals surface area contributed by atoms with E-state index in [1.54, 1.807) is 0 Å². The molecule has 0 aromatic heterocycles. The summed E-state index contributed by atoms with van der Waals surface area (Å²) >= 11 is 0. The Balaban J connectivity index is 2.00. The maximum Gasteiger partial charge on any atom is 0.258 e. The highest BCUT2D eigenvalue weighted by atomic mass is 16.3. The van der Waals surface area contributed by atoms with E-state index in [1.807, 2.05) is 0 Å². The van der Waals surface area contributed by atoms with E-state index in [9.17, 15) is 15.0 Å². The first-order valence-corrected chi connectivity index (χ1v) is 5.98. The van der Waals surface area contributed by atoms with Gasteiger partial charge < -0.3 is 20.6 Å². The number of hydrogen-bond acceptors (Lipinski definition) is 4. The lowest BCUT2D eigenvalue weighted by molar-refractivity contribution is 0.0935. The lowest BCUT2D eigenvalue weighted by Gasteiger charge is -2.15. The molecule has 1 aliphatic carbocycles. The molecule has 4 N–H and O–H groups in total. The van der Waals surface area contributed by atoms with Crippen molar-refractivity contribution in [2.24, 2.45) is 5.41 Å². The smallest absolute Gasteiger partial charge is 0.258 e. The Bertz CT molecular complexity index is 434. The molecule has 2 rings (SSSR count). The highest BCUT2D eigenvalue weighted by Crippen LogP contribution is 2.48. The number of amides is 1. The standard InChI is InChI=1S/C13H17NO4/c15-7-6-13(4-5-13)8-14-12(18)11-9(16)2-1-3-10(11)17/h1-3,15-17H,4-8H2,(H,14,18). The van der Waals surface area contributed by atoms with Gasteiger partial charge in [0.1, 0.15) is 17.1 Å². The average molecular weight is 251 g/mol. The topological polar surface area (TPSA) is 89.8 Å². The molecule has 0 saturated heterocycles. The molecule has 0 radical (unpaired) electrons. The van der Waals surface area contributed by atoms with Gasteiger partial charge >= 0.3 is 0 Å². The minimum atomic E-state index is -0.491. The quantitative estimate of drug-likeness (QED) is 0.628. The van der Waals surface area contributed by atoms with Crippen LogP contribution in [-0.2, 0) is 0 Å². The van der Waals surface area contributed by atoms with Crippen LogP contribution in [0.5, 0.6) is 11.5 Å². The predicted octanol–water partition coefficient (Wildman–Crippen LogP) is 0.990. The van der Waals surface area contributed by atoms with E-state index in [0.717, 1.165) is 12.8 Å². The molecule has 5 heteroatoms. The second-order valence-corrected chi connectivity index (χ2v) is 4.83. The van der Waals surface area contributed by atoms with Crippen LogP contribution in [0.4, 0.5) is 0 Å². The van der Waals surface area contributed by atoms with Crippen LogP contribution in [0.1, 0.15) is 29.6 Å². The third kappa shape index (κ3) is 2.56. The molecule has 1 amide bonds. The Kier molecular flexibility index (Phi) is 3.43. The Morgan fingerprint density at radius 3 is 2.39 bits per heavy atom. The third-order valence-corrected chi connectivity index (χ3v) is 3.47. The van der Waals surface area contributed by atoms with Gasteiger partial charge in [0, 0.05) is 13.2 Å². The van der Waals surface area contributed by atoms with Gasteiger partial charge in [-0.1, -0.05) is 6.07 Å². The summed E-state index contributed by atoms with van der Waals surface area (Å²) in [5.41, 5.74) is -0.0953. The van der Waals surface area contributed by atoms with Crippen LogP contribution in [0.3, 0.4) is 0 Å². The van der Waals surface area contributed by atoms with Crippen molar-refractivity contribution in [3.8, 4) is 11.5 Å². The molecule has 0 atom stereocenters. The number of aliphatic hydroxyl groups is 1. The molecule has 0 bridgehead atoms. The first-order valence-electron chi connectivity index (χ1n) is 5.98. The van der Waals surface area contributed by atoms with E-state index >= 15 is 0 Å². The fraction of sp³-hybridized carbons (Fsp3) is 0.462.